The largest absolute Gasteiger partial charge is 0.345 e. The zero-order chi connectivity index (χ0) is 22.9. The summed E-state index contributed by atoms with van der Waals surface area (Å²) in [6, 6.07) is 11.2. The molecule has 164 valence electrons. The number of benzene rings is 2. The van der Waals surface area contributed by atoms with Crippen LogP contribution >= 0.6 is 0 Å². The van der Waals surface area contributed by atoms with Gasteiger partial charge in [-0.05, 0) is 61.7 Å². The molecule has 2 N–H and O–H groups in total. The number of fused-ring (bicyclic) bond motifs is 1. The summed E-state index contributed by atoms with van der Waals surface area (Å²) in [5.74, 6) is -0.628. The molecule has 0 aliphatic heterocycles. The molecule has 0 bridgehead atoms. The molecule has 0 saturated heterocycles. The highest BCUT2D eigenvalue weighted by Gasteiger charge is 2.18. The van der Waals surface area contributed by atoms with Gasteiger partial charge in [-0.25, -0.2) is 12.8 Å². The molecule has 3 aromatic rings. The zero-order valence-electron chi connectivity index (χ0n) is 18.2. The van der Waals surface area contributed by atoms with Crippen LogP contribution < -0.4 is 10.0 Å². The number of sulfonamides is 1. The Hall–Kier alpha value is -3.00. The van der Waals surface area contributed by atoms with Crippen LogP contribution in [0.15, 0.2) is 42.5 Å². The maximum absolute atomic E-state index is 14.6. The van der Waals surface area contributed by atoms with E-state index in [4.69, 9.17) is 0 Å². The third kappa shape index (κ3) is 5.38. The van der Waals surface area contributed by atoms with E-state index in [0.29, 0.717) is 17.0 Å². The van der Waals surface area contributed by atoms with Gasteiger partial charge in [0.15, 0.2) is 0 Å². The minimum atomic E-state index is -3.52. The SMILES string of the molecule is Cc1cc(C(C)NC(=O)c2ccc3nc(C(C)C)ccc3c2)c(F)cc1NS(C)(=O)=O. The number of carbonyl (C=O) groups is 1. The molecule has 31 heavy (non-hydrogen) atoms. The molecular weight excluding hydrogens is 417 g/mol. The minimum absolute atomic E-state index is 0.171. The summed E-state index contributed by atoms with van der Waals surface area (Å²) < 4.78 is 39.8. The third-order valence-electron chi connectivity index (χ3n) is 5.02. The molecule has 1 aromatic heterocycles. The average Bonchev–Trinajstić information content (AvgIpc) is 2.68. The van der Waals surface area contributed by atoms with E-state index < -0.39 is 21.9 Å². The number of nitrogens with one attached hydrogen (secondary N) is 2. The molecule has 8 heteroatoms. The Bertz CT molecular complexity index is 1260. The molecule has 0 aliphatic carbocycles. The van der Waals surface area contributed by atoms with Crippen molar-refractivity contribution in [1.29, 1.82) is 0 Å². The molecule has 0 spiro atoms. The van der Waals surface area contributed by atoms with E-state index in [1.54, 1.807) is 32.0 Å². The Morgan fingerprint density at radius 3 is 2.42 bits per heavy atom. The third-order valence-corrected chi connectivity index (χ3v) is 5.61. The van der Waals surface area contributed by atoms with Crippen LogP contribution in [0.4, 0.5) is 10.1 Å². The fraction of sp³-hybridized carbons (Fsp3) is 0.304. The Labute approximate surface area is 181 Å². The van der Waals surface area contributed by atoms with Gasteiger partial charge in [0.2, 0.25) is 10.0 Å². The van der Waals surface area contributed by atoms with Crippen molar-refractivity contribution in [3.63, 3.8) is 0 Å². The molecule has 2 aromatic carbocycles. The van der Waals surface area contributed by atoms with Gasteiger partial charge >= 0.3 is 0 Å². The average molecular weight is 444 g/mol. The van der Waals surface area contributed by atoms with Crippen LogP contribution in [0.1, 0.15) is 59.9 Å². The van der Waals surface area contributed by atoms with E-state index in [9.17, 15) is 17.6 Å². The van der Waals surface area contributed by atoms with E-state index >= 15 is 0 Å². The fourth-order valence-corrected chi connectivity index (χ4v) is 3.93. The van der Waals surface area contributed by atoms with Crippen LogP contribution in [0.5, 0.6) is 0 Å². The maximum Gasteiger partial charge on any atom is 0.251 e. The molecule has 0 radical (unpaired) electrons. The Morgan fingerprint density at radius 1 is 1.06 bits per heavy atom. The van der Waals surface area contributed by atoms with Crippen molar-refractivity contribution in [3.05, 3.63) is 70.7 Å². The lowest BCUT2D eigenvalue weighted by molar-refractivity contribution is 0.0939. The predicted molar refractivity (Wildman–Crippen MR) is 121 cm³/mol. The lowest BCUT2D eigenvalue weighted by Gasteiger charge is -2.18. The van der Waals surface area contributed by atoms with Gasteiger partial charge in [-0.3, -0.25) is 14.5 Å². The van der Waals surface area contributed by atoms with Crippen molar-refractivity contribution in [3.8, 4) is 0 Å². The molecule has 1 unspecified atom stereocenters. The lowest BCUT2D eigenvalue weighted by atomic mass is 10.0. The molecule has 6 nitrogen and oxygen atoms in total. The maximum atomic E-state index is 14.6. The number of halogens is 1. The standard InChI is InChI=1S/C23H26FN3O3S/c1-13(2)20-8-6-16-11-17(7-9-21(16)26-20)23(28)25-15(4)18-10-14(3)22(12-19(18)24)27-31(5,29)30/h6-13,15,27H,1-5H3,(H,25,28). The minimum Gasteiger partial charge on any atom is -0.345 e. The van der Waals surface area contributed by atoms with Gasteiger partial charge in [0, 0.05) is 22.2 Å². The predicted octanol–water partition coefficient (Wildman–Crippen LogP) is 4.67. The van der Waals surface area contributed by atoms with Gasteiger partial charge < -0.3 is 5.32 Å². The van der Waals surface area contributed by atoms with Crippen LogP contribution in [0.3, 0.4) is 0 Å². The van der Waals surface area contributed by atoms with Crippen molar-refractivity contribution in [2.24, 2.45) is 0 Å². The van der Waals surface area contributed by atoms with Crippen LogP contribution in [-0.2, 0) is 10.0 Å². The van der Waals surface area contributed by atoms with E-state index in [-0.39, 0.29) is 17.2 Å². The van der Waals surface area contributed by atoms with E-state index in [1.807, 2.05) is 12.1 Å². The van der Waals surface area contributed by atoms with E-state index in [2.05, 4.69) is 28.9 Å². The summed E-state index contributed by atoms with van der Waals surface area (Å²) >= 11 is 0. The van der Waals surface area contributed by atoms with E-state index in [1.165, 1.54) is 6.07 Å². The van der Waals surface area contributed by atoms with Crippen molar-refractivity contribution < 1.29 is 17.6 Å². The lowest BCUT2D eigenvalue weighted by Crippen LogP contribution is -2.27. The number of hydrogen-bond donors (Lipinski definition) is 2. The number of amides is 1. The highest BCUT2D eigenvalue weighted by atomic mass is 32.2. The van der Waals surface area contributed by atoms with Gasteiger partial charge in [-0.1, -0.05) is 19.9 Å². The number of pyridine rings is 1. The highest BCUT2D eigenvalue weighted by Crippen LogP contribution is 2.26. The molecular formula is C23H26FN3O3S. The van der Waals surface area contributed by atoms with Crippen LogP contribution in [0.2, 0.25) is 0 Å². The summed E-state index contributed by atoms with van der Waals surface area (Å²) in [6.45, 7) is 7.49. The van der Waals surface area contributed by atoms with Crippen molar-refractivity contribution in [2.45, 2.75) is 39.7 Å². The second-order valence-corrected chi connectivity index (χ2v) is 9.80. The van der Waals surface area contributed by atoms with Crippen LogP contribution in [-0.4, -0.2) is 25.6 Å². The first kappa shape index (κ1) is 22.7. The number of carbonyl (C=O) groups excluding carboxylic acids is 1. The number of nitrogens with zero attached hydrogens (tertiary/aromatic N) is 1. The van der Waals surface area contributed by atoms with Crippen molar-refractivity contribution in [1.82, 2.24) is 10.3 Å². The van der Waals surface area contributed by atoms with Gasteiger partial charge in [-0.15, -0.1) is 0 Å². The van der Waals surface area contributed by atoms with Gasteiger partial charge in [-0.2, -0.15) is 0 Å². The Balaban J connectivity index is 1.81. The number of hydrogen-bond acceptors (Lipinski definition) is 4. The first-order chi connectivity index (χ1) is 14.4. The summed E-state index contributed by atoms with van der Waals surface area (Å²) in [6.07, 6.45) is 1.00. The molecule has 0 aliphatic rings. The van der Waals surface area contributed by atoms with Crippen molar-refractivity contribution >= 4 is 32.5 Å². The fourth-order valence-electron chi connectivity index (χ4n) is 3.31. The second-order valence-electron chi connectivity index (χ2n) is 8.06. The summed E-state index contributed by atoms with van der Waals surface area (Å²) in [7, 11) is -3.52. The topological polar surface area (TPSA) is 88.2 Å². The number of anilines is 1. The quantitative estimate of drug-likeness (QED) is 0.580. The molecule has 3 rings (SSSR count). The summed E-state index contributed by atoms with van der Waals surface area (Å²) in [4.78, 5) is 17.4. The summed E-state index contributed by atoms with van der Waals surface area (Å²) in [5.41, 5.74) is 3.25. The Kier molecular flexibility index (Phi) is 6.31. The molecule has 0 fully saturated rings. The number of rotatable bonds is 6. The smallest absolute Gasteiger partial charge is 0.251 e. The molecule has 0 saturated carbocycles. The van der Waals surface area contributed by atoms with Crippen LogP contribution in [0.25, 0.3) is 10.9 Å². The van der Waals surface area contributed by atoms with Gasteiger partial charge in [0.1, 0.15) is 5.82 Å². The van der Waals surface area contributed by atoms with Crippen LogP contribution in [0, 0.1) is 12.7 Å². The van der Waals surface area contributed by atoms with Crippen molar-refractivity contribution in [2.75, 3.05) is 11.0 Å². The number of aryl methyl sites for hydroxylation is 1. The molecule has 1 atom stereocenters. The zero-order valence-corrected chi connectivity index (χ0v) is 19.0. The van der Waals surface area contributed by atoms with Gasteiger partial charge in [0.05, 0.1) is 23.5 Å². The number of aromatic nitrogens is 1. The Morgan fingerprint density at radius 2 is 1.77 bits per heavy atom. The highest BCUT2D eigenvalue weighted by molar-refractivity contribution is 7.92. The molecule has 1 heterocycles. The second kappa shape index (κ2) is 8.63. The first-order valence-corrected chi connectivity index (χ1v) is 11.8. The summed E-state index contributed by atoms with van der Waals surface area (Å²) in [5, 5.41) is 3.65. The van der Waals surface area contributed by atoms with Gasteiger partial charge in [0.25, 0.3) is 5.91 Å². The first-order valence-electron chi connectivity index (χ1n) is 9.94. The monoisotopic (exact) mass is 443 g/mol. The van der Waals surface area contributed by atoms with E-state index in [0.717, 1.165) is 28.9 Å². The molecule has 1 amide bonds. The normalized spacial score (nSPS) is 12.7.